The zero-order valence-corrected chi connectivity index (χ0v) is 8.95. The minimum atomic E-state index is -0.366. The van der Waals surface area contributed by atoms with Crippen molar-refractivity contribution in [1.29, 1.82) is 0 Å². The molecule has 1 heterocycles. The van der Waals surface area contributed by atoms with E-state index in [9.17, 15) is 5.11 Å². The lowest BCUT2D eigenvalue weighted by Crippen LogP contribution is -2.06. The molecule has 0 amide bonds. The van der Waals surface area contributed by atoms with Gasteiger partial charge in [0.2, 0.25) is 0 Å². The molecule has 0 aliphatic rings. The molecule has 0 aliphatic carbocycles. The highest BCUT2D eigenvalue weighted by atomic mass is 79.9. The van der Waals surface area contributed by atoms with Gasteiger partial charge in [0.15, 0.2) is 0 Å². The molecular weight excluding hydrogens is 224 g/mol. The molecule has 0 aliphatic heterocycles. The highest BCUT2D eigenvalue weighted by Gasteiger charge is 2.16. The first-order valence-corrected chi connectivity index (χ1v) is 5.28. The summed E-state index contributed by atoms with van der Waals surface area (Å²) in [5, 5.41) is 11.6. The molecule has 0 saturated carbocycles. The Morgan fingerprint density at radius 1 is 1.64 bits per heavy atom. The largest absolute Gasteiger partial charge is 0.386 e. The zero-order chi connectivity index (χ0) is 8.43. The molecule has 0 aromatic carbocycles. The number of rotatable bonds is 2. The Bertz CT molecular complexity index is 232. The molecule has 0 bridgehead atoms. The first kappa shape index (κ1) is 9.23. The number of hydrogen-bond donors (Lipinski definition) is 1. The average Bonchev–Trinajstić information content (AvgIpc) is 2.33. The molecular formula is C8H11BrOS. The van der Waals surface area contributed by atoms with Gasteiger partial charge in [0.25, 0.3) is 0 Å². The molecule has 0 fully saturated rings. The van der Waals surface area contributed by atoms with Crippen molar-refractivity contribution in [1.82, 2.24) is 0 Å². The summed E-state index contributed by atoms with van der Waals surface area (Å²) in [6.45, 7) is 3.97. The molecule has 2 unspecified atom stereocenters. The van der Waals surface area contributed by atoms with E-state index in [2.05, 4.69) is 15.9 Å². The molecule has 1 nitrogen and oxygen atoms in total. The van der Waals surface area contributed by atoms with Crippen LogP contribution in [0, 0.1) is 6.92 Å². The van der Waals surface area contributed by atoms with Crippen LogP contribution in [0.5, 0.6) is 0 Å². The van der Waals surface area contributed by atoms with Gasteiger partial charge in [-0.25, -0.2) is 0 Å². The predicted molar refractivity (Wildman–Crippen MR) is 52.4 cm³/mol. The third kappa shape index (κ3) is 2.04. The Morgan fingerprint density at radius 2 is 2.27 bits per heavy atom. The quantitative estimate of drug-likeness (QED) is 0.781. The molecule has 2 atom stereocenters. The van der Waals surface area contributed by atoms with Crippen molar-refractivity contribution < 1.29 is 5.11 Å². The van der Waals surface area contributed by atoms with Crippen LogP contribution >= 0.6 is 27.3 Å². The Balaban J connectivity index is 2.84. The Kier molecular flexibility index (Phi) is 3.10. The first-order chi connectivity index (χ1) is 5.13. The normalized spacial score (nSPS) is 16.4. The third-order valence-corrected chi connectivity index (χ3v) is 3.20. The van der Waals surface area contributed by atoms with Gasteiger partial charge in [-0.3, -0.25) is 0 Å². The summed E-state index contributed by atoms with van der Waals surface area (Å²) in [7, 11) is 0. The number of aliphatic hydroxyl groups excluding tert-OH is 1. The van der Waals surface area contributed by atoms with E-state index in [1.54, 1.807) is 11.3 Å². The van der Waals surface area contributed by atoms with E-state index in [1.807, 2.05) is 25.3 Å². The van der Waals surface area contributed by atoms with E-state index < -0.39 is 0 Å². The molecule has 1 aromatic heterocycles. The molecule has 0 spiro atoms. The summed E-state index contributed by atoms with van der Waals surface area (Å²) in [6, 6.07) is 2.03. The van der Waals surface area contributed by atoms with Crippen LogP contribution in [-0.4, -0.2) is 9.93 Å². The molecule has 62 valence electrons. The van der Waals surface area contributed by atoms with Gasteiger partial charge in [-0.05, 0) is 30.9 Å². The van der Waals surface area contributed by atoms with Crippen molar-refractivity contribution in [2.24, 2.45) is 0 Å². The number of halogens is 1. The van der Waals surface area contributed by atoms with Gasteiger partial charge in [-0.1, -0.05) is 15.9 Å². The molecule has 1 rings (SSSR count). The Hall–Kier alpha value is 0.140. The molecule has 0 radical (unpaired) electrons. The third-order valence-electron chi connectivity index (χ3n) is 1.61. The lowest BCUT2D eigenvalue weighted by molar-refractivity contribution is 0.184. The zero-order valence-electron chi connectivity index (χ0n) is 6.54. The maximum Gasteiger partial charge on any atom is 0.101 e. The highest BCUT2D eigenvalue weighted by molar-refractivity contribution is 9.09. The molecule has 11 heavy (non-hydrogen) atoms. The summed E-state index contributed by atoms with van der Waals surface area (Å²) < 4.78 is 0. The van der Waals surface area contributed by atoms with Crippen molar-refractivity contribution in [3.8, 4) is 0 Å². The van der Waals surface area contributed by atoms with Crippen LogP contribution in [0.4, 0.5) is 0 Å². The molecule has 3 heteroatoms. The maximum atomic E-state index is 9.63. The number of thiophene rings is 1. The van der Waals surface area contributed by atoms with Gasteiger partial charge in [0.05, 0.1) is 0 Å². The van der Waals surface area contributed by atoms with E-state index >= 15 is 0 Å². The van der Waals surface area contributed by atoms with Gasteiger partial charge in [0, 0.05) is 9.70 Å². The van der Waals surface area contributed by atoms with Gasteiger partial charge >= 0.3 is 0 Å². The van der Waals surface area contributed by atoms with E-state index in [0.717, 1.165) is 4.88 Å². The fourth-order valence-corrected chi connectivity index (χ4v) is 2.35. The van der Waals surface area contributed by atoms with E-state index in [0.29, 0.717) is 0 Å². The monoisotopic (exact) mass is 234 g/mol. The standard InChI is InChI=1S/C8H11BrOS/c1-5-3-4-11-8(5)7(10)6(2)9/h3-4,6-7,10H,1-2H3. The van der Waals surface area contributed by atoms with Crippen LogP contribution in [-0.2, 0) is 0 Å². The van der Waals surface area contributed by atoms with Gasteiger partial charge < -0.3 is 5.11 Å². The van der Waals surface area contributed by atoms with Crippen LogP contribution in [0.25, 0.3) is 0 Å². The molecule has 1 N–H and O–H groups in total. The van der Waals surface area contributed by atoms with Crippen molar-refractivity contribution in [3.05, 3.63) is 21.9 Å². The van der Waals surface area contributed by atoms with Gasteiger partial charge in [-0.2, -0.15) is 0 Å². The number of alkyl halides is 1. The van der Waals surface area contributed by atoms with E-state index in [-0.39, 0.29) is 10.9 Å². The van der Waals surface area contributed by atoms with Crippen LogP contribution in [0.3, 0.4) is 0 Å². The van der Waals surface area contributed by atoms with Crippen molar-refractivity contribution in [3.63, 3.8) is 0 Å². The summed E-state index contributed by atoms with van der Waals surface area (Å²) in [5.41, 5.74) is 1.17. The van der Waals surface area contributed by atoms with Crippen molar-refractivity contribution >= 4 is 27.3 Å². The molecule has 1 aromatic rings. The second-order valence-electron chi connectivity index (χ2n) is 2.59. The van der Waals surface area contributed by atoms with Crippen LogP contribution in [0.2, 0.25) is 0 Å². The smallest absolute Gasteiger partial charge is 0.101 e. The summed E-state index contributed by atoms with van der Waals surface area (Å²) in [5.74, 6) is 0. The summed E-state index contributed by atoms with van der Waals surface area (Å²) in [6.07, 6.45) is -0.366. The predicted octanol–water partition coefficient (Wildman–Crippen LogP) is 2.87. The second-order valence-corrected chi connectivity index (χ2v) is 4.98. The topological polar surface area (TPSA) is 20.2 Å². The maximum absolute atomic E-state index is 9.63. The van der Waals surface area contributed by atoms with Crippen LogP contribution in [0.1, 0.15) is 23.5 Å². The minimum absolute atomic E-state index is 0.125. The second kappa shape index (κ2) is 3.70. The average molecular weight is 235 g/mol. The summed E-state index contributed by atoms with van der Waals surface area (Å²) in [4.78, 5) is 1.19. The van der Waals surface area contributed by atoms with Gasteiger partial charge in [-0.15, -0.1) is 11.3 Å². The fraction of sp³-hybridized carbons (Fsp3) is 0.500. The van der Waals surface area contributed by atoms with Crippen molar-refractivity contribution in [2.75, 3.05) is 0 Å². The lowest BCUT2D eigenvalue weighted by atomic mass is 10.2. The Morgan fingerprint density at radius 3 is 2.64 bits per heavy atom. The summed E-state index contributed by atoms with van der Waals surface area (Å²) >= 11 is 4.96. The lowest BCUT2D eigenvalue weighted by Gasteiger charge is -2.11. The highest BCUT2D eigenvalue weighted by Crippen LogP contribution is 2.28. The fourth-order valence-electron chi connectivity index (χ4n) is 0.896. The SMILES string of the molecule is Cc1ccsc1C(O)C(C)Br. The van der Waals surface area contributed by atoms with Crippen molar-refractivity contribution in [2.45, 2.75) is 24.8 Å². The van der Waals surface area contributed by atoms with Gasteiger partial charge in [0.1, 0.15) is 6.10 Å². The Labute approximate surface area is 79.2 Å². The van der Waals surface area contributed by atoms with E-state index in [4.69, 9.17) is 0 Å². The number of aliphatic hydroxyl groups is 1. The number of aryl methyl sites for hydroxylation is 1. The molecule has 0 saturated heterocycles. The minimum Gasteiger partial charge on any atom is -0.386 e. The first-order valence-electron chi connectivity index (χ1n) is 3.49. The number of hydrogen-bond acceptors (Lipinski definition) is 2. The van der Waals surface area contributed by atoms with Crippen LogP contribution in [0.15, 0.2) is 11.4 Å². The van der Waals surface area contributed by atoms with Crippen LogP contribution < -0.4 is 0 Å². The van der Waals surface area contributed by atoms with E-state index in [1.165, 1.54) is 5.56 Å².